The van der Waals surface area contributed by atoms with Crippen molar-refractivity contribution in [3.8, 4) is 0 Å². The van der Waals surface area contributed by atoms with Crippen molar-refractivity contribution >= 4 is 21.9 Å². The minimum Gasteiger partial charge on any atom is -0.480 e. The van der Waals surface area contributed by atoms with Crippen LogP contribution in [0.5, 0.6) is 0 Å². The van der Waals surface area contributed by atoms with Crippen molar-refractivity contribution in [3.63, 3.8) is 0 Å². The summed E-state index contributed by atoms with van der Waals surface area (Å²) in [5.41, 5.74) is 0.410. The maximum atomic E-state index is 13.2. The quantitative estimate of drug-likeness (QED) is 0.920. The molecule has 0 spiro atoms. The highest BCUT2D eigenvalue weighted by atomic mass is 79.9. The summed E-state index contributed by atoms with van der Waals surface area (Å²) < 4.78 is 13.4. The second-order valence-electron chi connectivity index (χ2n) is 3.35. The van der Waals surface area contributed by atoms with E-state index in [9.17, 15) is 9.18 Å². The highest BCUT2D eigenvalue weighted by Gasteiger charge is 2.25. The van der Waals surface area contributed by atoms with Gasteiger partial charge in [-0.15, -0.1) is 0 Å². The fourth-order valence-corrected chi connectivity index (χ4v) is 1.84. The second-order valence-corrected chi connectivity index (χ2v) is 4.14. The molecule has 3 nitrogen and oxygen atoms in total. The van der Waals surface area contributed by atoms with Crippen LogP contribution < -0.4 is 0 Å². The van der Waals surface area contributed by atoms with Crippen LogP contribution in [0, 0.1) is 5.82 Å². The van der Waals surface area contributed by atoms with Crippen molar-refractivity contribution in [2.75, 3.05) is 14.1 Å². The summed E-state index contributed by atoms with van der Waals surface area (Å²) in [6, 6.07) is 3.51. The largest absolute Gasteiger partial charge is 0.480 e. The van der Waals surface area contributed by atoms with E-state index in [2.05, 4.69) is 15.9 Å². The van der Waals surface area contributed by atoms with Gasteiger partial charge in [0.05, 0.1) is 4.47 Å². The van der Waals surface area contributed by atoms with E-state index in [1.54, 1.807) is 20.2 Å². The summed E-state index contributed by atoms with van der Waals surface area (Å²) in [5, 5.41) is 9.03. The number of likely N-dealkylation sites (N-methyl/N-ethyl adjacent to an activating group) is 1. The molecule has 1 aromatic rings. The van der Waals surface area contributed by atoms with Crippen molar-refractivity contribution in [1.82, 2.24) is 4.90 Å². The Morgan fingerprint density at radius 2 is 2.13 bits per heavy atom. The molecule has 0 aliphatic carbocycles. The Bertz CT molecular complexity index is 382. The van der Waals surface area contributed by atoms with Gasteiger partial charge < -0.3 is 5.11 Å². The molecule has 0 bridgehead atoms. The fourth-order valence-electron chi connectivity index (χ4n) is 1.36. The van der Waals surface area contributed by atoms with Gasteiger partial charge in [-0.25, -0.2) is 4.39 Å². The predicted octanol–water partition coefficient (Wildman–Crippen LogP) is 2.28. The van der Waals surface area contributed by atoms with Crippen LogP contribution in [-0.4, -0.2) is 30.1 Å². The Morgan fingerprint density at radius 3 is 2.60 bits per heavy atom. The smallest absolute Gasteiger partial charge is 0.325 e. The maximum absolute atomic E-state index is 13.2. The van der Waals surface area contributed by atoms with E-state index in [4.69, 9.17) is 5.11 Å². The molecule has 0 fully saturated rings. The van der Waals surface area contributed by atoms with Gasteiger partial charge in [-0.05, 0) is 41.7 Å². The second kappa shape index (κ2) is 4.72. The summed E-state index contributed by atoms with van der Waals surface area (Å²) >= 11 is 3.05. The number of aliphatic carboxylic acids is 1. The number of halogens is 2. The number of hydrogen-bond acceptors (Lipinski definition) is 2. The van der Waals surface area contributed by atoms with E-state index in [-0.39, 0.29) is 4.47 Å². The average molecular weight is 276 g/mol. The molecule has 1 rings (SSSR count). The number of carbonyl (C=O) groups is 1. The lowest BCUT2D eigenvalue weighted by atomic mass is 10.1. The number of carboxylic acid groups (broad SMARTS) is 1. The molecule has 5 heteroatoms. The third-order valence-electron chi connectivity index (χ3n) is 2.03. The van der Waals surface area contributed by atoms with Gasteiger partial charge in [0.2, 0.25) is 0 Å². The Balaban J connectivity index is 3.23. The first kappa shape index (κ1) is 12.1. The molecule has 0 radical (unpaired) electrons. The van der Waals surface area contributed by atoms with Crippen LogP contribution in [0.3, 0.4) is 0 Å². The Morgan fingerprint density at radius 1 is 1.53 bits per heavy atom. The Hall–Kier alpha value is -0.940. The van der Waals surface area contributed by atoms with Gasteiger partial charge >= 0.3 is 5.97 Å². The molecule has 15 heavy (non-hydrogen) atoms. The van der Waals surface area contributed by atoms with E-state index in [0.717, 1.165) is 0 Å². The summed E-state index contributed by atoms with van der Waals surface area (Å²) in [4.78, 5) is 12.5. The lowest BCUT2D eigenvalue weighted by Crippen LogP contribution is -2.27. The van der Waals surface area contributed by atoms with Crippen molar-refractivity contribution in [2.45, 2.75) is 6.04 Å². The minimum absolute atomic E-state index is 0.200. The standard InChI is InChI=1S/C10H11BrFNO2/c1-13(2)9(10(14)15)6-4-3-5-7(12)8(6)11/h3-5,9H,1-2H3,(H,14,15). The van der Waals surface area contributed by atoms with E-state index < -0.39 is 17.8 Å². The normalized spacial score (nSPS) is 12.9. The van der Waals surface area contributed by atoms with Crippen LogP contribution in [0.1, 0.15) is 11.6 Å². The van der Waals surface area contributed by atoms with Gasteiger partial charge in [0.1, 0.15) is 11.9 Å². The number of carboxylic acids is 1. The molecule has 0 aliphatic rings. The zero-order chi connectivity index (χ0) is 11.6. The summed E-state index contributed by atoms with van der Waals surface area (Å²) in [7, 11) is 3.27. The van der Waals surface area contributed by atoms with Crippen LogP contribution in [0.25, 0.3) is 0 Å². The van der Waals surface area contributed by atoms with Gasteiger partial charge in [-0.2, -0.15) is 0 Å². The van der Waals surface area contributed by atoms with Crippen LogP contribution in [0.2, 0.25) is 0 Å². The number of benzene rings is 1. The third kappa shape index (κ3) is 2.54. The van der Waals surface area contributed by atoms with E-state index in [0.29, 0.717) is 5.56 Å². The van der Waals surface area contributed by atoms with Crippen molar-refractivity contribution in [1.29, 1.82) is 0 Å². The number of rotatable bonds is 3. The SMILES string of the molecule is CN(C)C(C(=O)O)c1cccc(F)c1Br. The summed E-state index contributed by atoms with van der Waals surface area (Å²) in [5.74, 6) is -1.47. The van der Waals surface area contributed by atoms with Crippen molar-refractivity contribution < 1.29 is 14.3 Å². The molecule has 0 saturated carbocycles. The zero-order valence-electron chi connectivity index (χ0n) is 8.37. The lowest BCUT2D eigenvalue weighted by Gasteiger charge is -2.21. The molecule has 0 aromatic heterocycles. The first-order valence-corrected chi connectivity index (χ1v) is 5.07. The molecule has 1 aromatic carbocycles. The maximum Gasteiger partial charge on any atom is 0.325 e. The van der Waals surface area contributed by atoms with Crippen LogP contribution >= 0.6 is 15.9 Å². The van der Waals surface area contributed by atoms with Crippen molar-refractivity contribution in [2.24, 2.45) is 0 Å². The average Bonchev–Trinajstić information content (AvgIpc) is 2.11. The van der Waals surface area contributed by atoms with E-state index in [1.807, 2.05) is 0 Å². The number of nitrogens with zero attached hydrogens (tertiary/aromatic N) is 1. The molecule has 0 heterocycles. The molecular weight excluding hydrogens is 265 g/mol. The Kier molecular flexibility index (Phi) is 3.82. The summed E-state index contributed by atoms with van der Waals surface area (Å²) in [6.45, 7) is 0. The van der Waals surface area contributed by atoms with Gasteiger partial charge in [-0.1, -0.05) is 12.1 Å². The molecule has 0 amide bonds. The predicted molar refractivity (Wildman–Crippen MR) is 58.2 cm³/mol. The van der Waals surface area contributed by atoms with Crippen molar-refractivity contribution in [3.05, 3.63) is 34.1 Å². The molecule has 1 atom stereocenters. The number of hydrogen-bond donors (Lipinski definition) is 1. The minimum atomic E-state index is -1.01. The van der Waals surface area contributed by atoms with Crippen LogP contribution in [0.4, 0.5) is 4.39 Å². The molecule has 1 unspecified atom stereocenters. The lowest BCUT2D eigenvalue weighted by molar-refractivity contribution is -0.142. The molecule has 0 aliphatic heterocycles. The monoisotopic (exact) mass is 275 g/mol. The van der Waals surface area contributed by atoms with E-state index in [1.165, 1.54) is 17.0 Å². The molecule has 0 saturated heterocycles. The van der Waals surface area contributed by atoms with Crippen LogP contribution in [0.15, 0.2) is 22.7 Å². The van der Waals surface area contributed by atoms with Gasteiger partial charge in [0.25, 0.3) is 0 Å². The Labute approximate surface area is 95.6 Å². The highest BCUT2D eigenvalue weighted by Crippen LogP contribution is 2.28. The summed E-state index contributed by atoms with van der Waals surface area (Å²) in [6.07, 6.45) is 0. The van der Waals surface area contributed by atoms with Gasteiger partial charge in [-0.3, -0.25) is 9.69 Å². The third-order valence-corrected chi connectivity index (χ3v) is 2.86. The molecular formula is C10H11BrFNO2. The first-order chi connectivity index (χ1) is 6.95. The van der Waals surface area contributed by atoms with E-state index >= 15 is 0 Å². The molecule has 82 valence electrons. The first-order valence-electron chi connectivity index (χ1n) is 4.28. The highest BCUT2D eigenvalue weighted by molar-refractivity contribution is 9.10. The zero-order valence-corrected chi connectivity index (χ0v) is 9.95. The van der Waals surface area contributed by atoms with Crippen LogP contribution in [-0.2, 0) is 4.79 Å². The molecule has 1 N–H and O–H groups in total. The van der Waals surface area contributed by atoms with Gasteiger partial charge in [0, 0.05) is 0 Å². The van der Waals surface area contributed by atoms with Gasteiger partial charge in [0.15, 0.2) is 0 Å². The topological polar surface area (TPSA) is 40.5 Å². The fraction of sp³-hybridized carbons (Fsp3) is 0.300.